The number of carbonyl (C=O) groups is 1. The first-order valence-corrected chi connectivity index (χ1v) is 6.67. The van der Waals surface area contributed by atoms with Crippen LogP contribution in [0.3, 0.4) is 0 Å². The summed E-state index contributed by atoms with van der Waals surface area (Å²) in [6, 6.07) is 7.28. The Morgan fingerprint density at radius 2 is 1.94 bits per heavy atom. The van der Waals surface area contributed by atoms with Crippen molar-refractivity contribution in [3.8, 4) is 5.75 Å². The molecule has 94 valence electrons. The van der Waals surface area contributed by atoms with Crippen LogP contribution in [0.1, 0.15) is 26.4 Å². The fourth-order valence-electron chi connectivity index (χ4n) is 1.68. The molecule has 1 aromatic carbocycles. The number of benzene rings is 1. The van der Waals surface area contributed by atoms with Crippen LogP contribution < -0.4 is 4.74 Å². The molecule has 1 aromatic heterocycles. The first kappa shape index (κ1) is 13.1. The molecule has 2 rings (SSSR count). The maximum atomic E-state index is 12.3. The average Bonchev–Trinajstić information content (AvgIpc) is 2.69. The molecule has 2 nitrogen and oxygen atoms in total. The van der Waals surface area contributed by atoms with Crippen LogP contribution in [0, 0.1) is 13.8 Å². The van der Waals surface area contributed by atoms with Crippen molar-refractivity contribution in [3.05, 3.63) is 50.2 Å². The minimum absolute atomic E-state index is 0.0201. The Bertz CT molecular complexity index is 582. The maximum absolute atomic E-state index is 12.3. The summed E-state index contributed by atoms with van der Waals surface area (Å²) in [7, 11) is 1.60. The monoisotopic (exact) mass is 280 g/mol. The van der Waals surface area contributed by atoms with E-state index in [9.17, 15) is 4.79 Å². The van der Waals surface area contributed by atoms with Crippen LogP contribution in [-0.4, -0.2) is 12.9 Å². The number of methoxy groups -OCH3 is 1. The second-order valence-electron chi connectivity index (χ2n) is 4.08. The van der Waals surface area contributed by atoms with Crippen LogP contribution in [-0.2, 0) is 0 Å². The lowest BCUT2D eigenvalue weighted by Crippen LogP contribution is -2.00. The summed E-state index contributed by atoms with van der Waals surface area (Å²) in [5.41, 5.74) is 2.56. The SMILES string of the molecule is COc1cc(C(=O)c2cc(C)c(Cl)s2)ccc1C. The predicted octanol–water partition coefficient (Wildman–Crippen LogP) is 4.26. The number of carbonyl (C=O) groups excluding carboxylic acids is 1. The minimum atomic E-state index is -0.0201. The van der Waals surface area contributed by atoms with E-state index < -0.39 is 0 Å². The summed E-state index contributed by atoms with van der Waals surface area (Å²) in [4.78, 5) is 12.9. The largest absolute Gasteiger partial charge is 0.496 e. The standard InChI is InChI=1S/C14H13ClO2S/c1-8-4-5-10(7-11(8)17-3)13(16)12-6-9(2)14(15)18-12/h4-7H,1-3H3. The number of aryl methyl sites for hydroxylation is 2. The highest BCUT2D eigenvalue weighted by Crippen LogP contribution is 2.29. The van der Waals surface area contributed by atoms with Crippen molar-refractivity contribution in [2.24, 2.45) is 0 Å². The van der Waals surface area contributed by atoms with E-state index in [2.05, 4.69) is 0 Å². The van der Waals surface area contributed by atoms with Crippen LogP contribution in [0.15, 0.2) is 24.3 Å². The Balaban J connectivity index is 2.39. The summed E-state index contributed by atoms with van der Waals surface area (Å²) in [5, 5.41) is 0. The molecule has 0 amide bonds. The van der Waals surface area contributed by atoms with Crippen molar-refractivity contribution in [1.82, 2.24) is 0 Å². The Labute approximate surface area is 115 Å². The third kappa shape index (κ3) is 2.42. The van der Waals surface area contributed by atoms with Crippen molar-refractivity contribution in [3.63, 3.8) is 0 Å². The zero-order valence-electron chi connectivity index (χ0n) is 10.4. The molecular weight excluding hydrogens is 268 g/mol. The molecule has 0 radical (unpaired) electrons. The highest BCUT2D eigenvalue weighted by molar-refractivity contribution is 7.18. The van der Waals surface area contributed by atoms with E-state index in [-0.39, 0.29) is 5.78 Å². The fourth-order valence-corrected chi connectivity index (χ4v) is 2.84. The van der Waals surface area contributed by atoms with E-state index in [1.54, 1.807) is 13.2 Å². The molecule has 0 aliphatic carbocycles. The minimum Gasteiger partial charge on any atom is -0.496 e. The van der Waals surface area contributed by atoms with Crippen molar-refractivity contribution >= 4 is 28.7 Å². The summed E-state index contributed by atoms with van der Waals surface area (Å²) in [5.74, 6) is 0.702. The van der Waals surface area contributed by atoms with E-state index in [1.807, 2.05) is 32.0 Å². The molecule has 0 aliphatic heterocycles. The van der Waals surface area contributed by atoms with Gasteiger partial charge in [0.2, 0.25) is 5.78 Å². The summed E-state index contributed by atoms with van der Waals surface area (Å²) >= 11 is 7.30. The number of halogens is 1. The average molecular weight is 281 g/mol. The molecular formula is C14H13ClO2S. The van der Waals surface area contributed by atoms with Gasteiger partial charge in [0.1, 0.15) is 5.75 Å². The van der Waals surface area contributed by atoms with Gasteiger partial charge in [-0.3, -0.25) is 4.79 Å². The molecule has 0 spiro atoms. The molecule has 18 heavy (non-hydrogen) atoms. The van der Waals surface area contributed by atoms with Gasteiger partial charge in [-0.1, -0.05) is 23.7 Å². The number of hydrogen-bond acceptors (Lipinski definition) is 3. The fraction of sp³-hybridized carbons (Fsp3) is 0.214. The van der Waals surface area contributed by atoms with Gasteiger partial charge >= 0.3 is 0 Å². The number of ether oxygens (including phenoxy) is 1. The third-order valence-electron chi connectivity index (χ3n) is 2.75. The van der Waals surface area contributed by atoms with E-state index in [1.165, 1.54) is 11.3 Å². The lowest BCUT2D eigenvalue weighted by molar-refractivity contribution is 0.104. The van der Waals surface area contributed by atoms with Gasteiger partial charge in [-0.2, -0.15) is 0 Å². The van der Waals surface area contributed by atoms with Gasteiger partial charge in [0.15, 0.2) is 0 Å². The molecule has 0 fully saturated rings. The first-order chi connectivity index (χ1) is 8.52. The second-order valence-corrected chi connectivity index (χ2v) is 5.74. The first-order valence-electron chi connectivity index (χ1n) is 5.48. The number of ketones is 1. The van der Waals surface area contributed by atoms with Crippen molar-refractivity contribution in [2.45, 2.75) is 13.8 Å². The number of hydrogen-bond donors (Lipinski definition) is 0. The Morgan fingerprint density at radius 1 is 1.22 bits per heavy atom. The van der Waals surface area contributed by atoms with Crippen molar-refractivity contribution in [2.75, 3.05) is 7.11 Å². The maximum Gasteiger partial charge on any atom is 0.203 e. The zero-order chi connectivity index (χ0) is 13.3. The van der Waals surface area contributed by atoms with E-state index >= 15 is 0 Å². The molecule has 1 heterocycles. The van der Waals surface area contributed by atoms with Gasteiger partial charge in [0, 0.05) is 5.56 Å². The van der Waals surface area contributed by atoms with Gasteiger partial charge in [0.05, 0.1) is 16.3 Å². The highest BCUT2D eigenvalue weighted by Gasteiger charge is 2.14. The number of thiophene rings is 1. The van der Waals surface area contributed by atoms with Gasteiger partial charge in [-0.25, -0.2) is 0 Å². The van der Waals surface area contributed by atoms with E-state index in [4.69, 9.17) is 16.3 Å². The van der Waals surface area contributed by atoms with Crippen molar-refractivity contribution < 1.29 is 9.53 Å². The topological polar surface area (TPSA) is 26.3 Å². The van der Waals surface area contributed by atoms with Gasteiger partial charge < -0.3 is 4.74 Å². The molecule has 0 saturated carbocycles. The number of rotatable bonds is 3. The lowest BCUT2D eigenvalue weighted by Gasteiger charge is -2.06. The highest BCUT2D eigenvalue weighted by atomic mass is 35.5. The van der Waals surface area contributed by atoms with Crippen LogP contribution in [0.4, 0.5) is 0 Å². The summed E-state index contributed by atoms with van der Waals surface area (Å²) in [6.45, 7) is 3.84. The van der Waals surface area contributed by atoms with Gasteiger partial charge in [-0.05, 0) is 37.1 Å². The summed E-state index contributed by atoms with van der Waals surface area (Å²) in [6.07, 6.45) is 0. The molecule has 0 unspecified atom stereocenters. The Kier molecular flexibility index (Phi) is 3.73. The molecule has 0 atom stereocenters. The van der Waals surface area contributed by atoms with Crippen LogP contribution in [0.5, 0.6) is 5.75 Å². The summed E-state index contributed by atoms with van der Waals surface area (Å²) < 4.78 is 5.89. The Hall–Kier alpha value is -1.32. The smallest absolute Gasteiger partial charge is 0.203 e. The normalized spacial score (nSPS) is 10.4. The molecule has 0 aliphatic rings. The molecule has 4 heteroatoms. The zero-order valence-corrected chi connectivity index (χ0v) is 12.0. The molecule has 0 bridgehead atoms. The van der Waals surface area contributed by atoms with E-state index in [0.29, 0.717) is 14.8 Å². The van der Waals surface area contributed by atoms with Gasteiger partial charge in [-0.15, -0.1) is 11.3 Å². The second kappa shape index (κ2) is 5.12. The molecule has 2 aromatic rings. The quantitative estimate of drug-likeness (QED) is 0.786. The molecule has 0 N–H and O–H groups in total. The van der Waals surface area contributed by atoms with Crippen LogP contribution in [0.2, 0.25) is 4.34 Å². The predicted molar refractivity (Wildman–Crippen MR) is 75.2 cm³/mol. The molecule has 0 saturated heterocycles. The van der Waals surface area contributed by atoms with Crippen LogP contribution in [0.25, 0.3) is 0 Å². The van der Waals surface area contributed by atoms with Crippen LogP contribution >= 0.6 is 22.9 Å². The lowest BCUT2D eigenvalue weighted by atomic mass is 10.1. The van der Waals surface area contributed by atoms with Crippen molar-refractivity contribution in [1.29, 1.82) is 0 Å². The Morgan fingerprint density at radius 3 is 2.50 bits per heavy atom. The van der Waals surface area contributed by atoms with E-state index in [0.717, 1.165) is 16.9 Å². The van der Waals surface area contributed by atoms with Gasteiger partial charge in [0.25, 0.3) is 0 Å². The third-order valence-corrected chi connectivity index (χ3v) is 4.31.